The van der Waals surface area contributed by atoms with Gasteiger partial charge in [-0.15, -0.1) is 0 Å². The number of carbonyl (C=O) groups is 4. The highest BCUT2D eigenvalue weighted by Crippen LogP contribution is 2.29. The number of pyridine rings is 2. The number of nitrogens with zero attached hydrogens (tertiary/aromatic N) is 6. The van der Waals surface area contributed by atoms with Crippen molar-refractivity contribution in [3.63, 3.8) is 0 Å². The topological polar surface area (TPSA) is 168 Å². The van der Waals surface area contributed by atoms with Gasteiger partial charge in [-0.2, -0.15) is 0 Å². The van der Waals surface area contributed by atoms with Crippen molar-refractivity contribution >= 4 is 63.5 Å². The molecule has 16 heteroatoms. The van der Waals surface area contributed by atoms with Gasteiger partial charge < -0.3 is 34.1 Å². The van der Waals surface area contributed by atoms with Crippen LogP contribution in [0.15, 0.2) is 91.3 Å². The van der Waals surface area contributed by atoms with E-state index in [0.717, 1.165) is 42.0 Å². The number of anilines is 1. The molecule has 0 radical (unpaired) electrons. The maximum Gasteiger partial charge on any atom is 0.328 e. The Morgan fingerprint density at radius 1 is 0.836 bits per heavy atom. The molecule has 14 nitrogen and oxygen atoms in total. The lowest BCUT2D eigenvalue weighted by Crippen LogP contribution is -2.48. The van der Waals surface area contributed by atoms with Gasteiger partial charge in [0.1, 0.15) is 17.2 Å². The fourth-order valence-corrected chi connectivity index (χ4v) is 5.99. The number of fused-ring (bicyclic) bond motifs is 1. The minimum absolute atomic E-state index is 0.00167. The van der Waals surface area contributed by atoms with Gasteiger partial charge >= 0.3 is 11.9 Å². The Balaban J connectivity index is 0.000000654. The summed E-state index contributed by atoms with van der Waals surface area (Å²) in [5.74, 6) is -1.04. The second-order valence-corrected chi connectivity index (χ2v) is 13.1. The number of aliphatic carboxylic acids is 2. The lowest BCUT2D eigenvalue weighted by Gasteiger charge is -2.34. The van der Waals surface area contributed by atoms with Gasteiger partial charge in [-0.3, -0.25) is 19.5 Å². The van der Waals surface area contributed by atoms with Crippen LogP contribution in [0.5, 0.6) is 17.4 Å². The number of carbonyl (C=O) groups excluding carboxylic acids is 2. The first-order chi connectivity index (χ1) is 26.3. The highest BCUT2D eigenvalue weighted by Gasteiger charge is 2.25. The van der Waals surface area contributed by atoms with E-state index in [1.807, 2.05) is 59.8 Å². The number of carboxylic acid groups (broad SMARTS) is 2. The number of aryl methyl sites for hydroxylation is 1. The minimum atomic E-state index is -1.26. The fraction of sp³-hybridized carbons (Fsp3) is 0.231. The van der Waals surface area contributed by atoms with Gasteiger partial charge in [0.15, 0.2) is 0 Å². The van der Waals surface area contributed by atoms with Gasteiger partial charge in [-0.05, 0) is 67.6 Å². The first kappa shape index (κ1) is 40.2. The Morgan fingerprint density at radius 2 is 1.55 bits per heavy atom. The van der Waals surface area contributed by atoms with Crippen LogP contribution in [0.2, 0.25) is 10.0 Å². The molecule has 4 heterocycles. The highest BCUT2D eigenvalue weighted by atomic mass is 35.5. The number of ether oxygens (including phenoxy) is 2. The van der Waals surface area contributed by atoms with Crippen LogP contribution in [-0.4, -0.2) is 98.1 Å². The summed E-state index contributed by atoms with van der Waals surface area (Å²) in [7, 11) is 3.56. The van der Waals surface area contributed by atoms with E-state index in [-0.39, 0.29) is 11.8 Å². The maximum absolute atomic E-state index is 13.6. The third-order valence-corrected chi connectivity index (χ3v) is 9.30. The van der Waals surface area contributed by atoms with Gasteiger partial charge in [0.25, 0.3) is 11.8 Å². The van der Waals surface area contributed by atoms with Gasteiger partial charge in [-0.1, -0.05) is 23.2 Å². The van der Waals surface area contributed by atoms with Crippen LogP contribution in [0.1, 0.15) is 33.5 Å². The molecule has 6 rings (SSSR count). The van der Waals surface area contributed by atoms with Crippen molar-refractivity contribution in [2.45, 2.75) is 13.5 Å². The van der Waals surface area contributed by atoms with E-state index in [2.05, 4.69) is 14.9 Å². The van der Waals surface area contributed by atoms with E-state index in [9.17, 15) is 19.2 Å². The third kappa shape index (κ3) is 10.6. The third-order valence-electron chi connectivity index (χ3n) is 8.56. The zero-order valence-corrected chi connectivity index (χ0v) is 31.7. The van der Waals surface area contributed by atoms with E-state index in [0.29, 0.717) is 70.5 Å². The summed E-state index contributed by atoms with van der Waals surface area (Å²) in [5, 5.41) is 17.2. The smallest absolute Gasteiger partial charge is 0.328 e. The van der Waals surface area contributed by atoms with Crippen LogP contribution >= 0.6 is 23.2 Å². The molecule has 55 heavy (non-hydrogen) atoms. The first-order valence-corrected chi connectivity index (χ1v) is 17.8. The minimum Gasteiger partial charge on any atom is -0.492 e. The summed E-state index contributed by atoms with van der Waals surface area (Å²) in [5.41, 5.74) is 3.52. The van der Waals surface area contributed by atoms with Crippen LogP contribution in [0.3, 0.4) is 0 Å². The molecule has 1 aliphatic rings. The second kappa shape index (κ2) is 18.4. The van der Waals surface area contributed by atoms with Crippen molar-refractivity contribution in [2.24, 2.45) is 7.05 Å². The molecule has 0 bridgehead atoms. The molecule has 286 valence electrons. The lowest BCUT2D eigenvalue weighted by molar-refractivity contribution is -0.134. The summed E-state index contributed by atoms with van der Waals surface area (Å²) in [6, 6.07) is 19.7. The normalized spacial score (nSPS) is 12.9. The Bertz CT molecular complexity index is 2180. The molecule has 0 aliphatic carbocycles. The second-order valence-electron chi connectivity index (χ2n) is 12.3. The number of hydrogen-bond donors (Lipinski definition) is 2. The Kier molecular flexibility index (Phi) is 13.4. The maximum atomic E-state index is 13.6. The molecule has 1 saturated heterocycles. The molecule has 5 aromatic rings. The average Bonchev–Trinajstić information content (AvgIpc) is 3.51. The molecular formula is C39H38Cl2N6O8. The van der Waals surface area contributed by atoms with Crippen molar-refractivity contribution in [2.75, 3.05) is 44.7 Å². The number of amides is 2. The fourth-order valence-electron chi connectivity index (χ4n) is 5.69. The van der Waals surface area contributed by atoms with Crippen molar-refractivity contribution in [3.05, 3.63) is 118 Å². The van der Waals surface area contributed by atoms with Crippen molar-refractivity contribution in [1.29, 1.82) is 0 Å². The summed E-state index contributed by atoms with van der Waals surface area (Å²) < 4.78 is 13.4. The number of carboxylic acids is 2. The number of piperazine rings is 1. The summed E-state index contributed by atoms with van der Waals surface area (Å²) >= 11 is 12.1. The summed E-state index contributed by atoms with van der Waals surface area (Å²) in [4.78, 5) is 60.2. The highest BCUT2D eigenvalue weighted by molar-refractivity contribution is 6.42. The standard InChI is InChI=1S/C35H34Cl2N6O4.C4H4O4/c1-4-46-28-8-6-25(38-21-28)22-42-13-15-43(16-14-42)35(45)32-19-24-17-27(9-11-31(24)41(32)3)47-33-12-7-26(20-39-33)40(2)34(44)23-5-10-29(36)30(37)18-23;5-3(6)1-2-4(7)8/h5-12,17-21H,4,13-16,22H2,1-3H3;1-2H,(H,5,6)(H,7,8). The summed E-state index contributed by atoms with van der Waals surface area (Å²) in [6.45, 7) is 6.12. The molecular weight excluding hydrogens is 751 g/mol. The molecule has 1 fully saturated rings. The zero-order chi connectivity index (χ0) is 39.6. The lowest BCUT2D eigenvalue weighted by atomic mass is 10.2. The SMILES string of the molecule is CCOc1ccc(CN2CCN(C(=O)c3cc4cc(Oc5ccc(N(C)C(=O)c6ccc(Cl)c(Cl)c6)cn5)ccc4n3C)CC2)nc1.O=C(O)C=CC(=O)O. The number of aromatic nitrogens is 3. The molecule has 2 aromatic carbocycles. The molecule has 2 N–H and O–H groups in total. The van der Waals surface area contributed by atoms with Gasteiger partial charge in [0.2, 0.25) is 5.88 Å². The van der Waals surface area contributed by atoms with Crippen molar-refractivity contribution in [1.82, 2.24) is 24.3 Å². The molecule has 1 aliphatic heterocycles. The van der Waals surface area contributed by atoms with Crippen molar-refractivity contribution in [3.8, 4) is 17.4 Å². The van der Waals surface area contributed by atoms with Crippen LogP contribution < -0.4 is 14.4 Å². The number of benzene rings is 2. The number of hydrogen-bond acceptors (Lipinski definition) is 9. The van der Waals surface area contributed by atoms with Crippen molar-refractivity contribution < 1.29 is 38.9 Å². The quantitative estimate of drug-likeness (QED) is 0.142. The monoisotopic (exact) mass is 788 g/mol. The van der Waals surface area contributed by atoms with Gasteiger partial charge in [0, 0.05) is 81.5 Å². The largest absolute Gasteiger partial charge is 0.492 e. The predicted octanol–water partition coefficient (Wildman–Crippen LogP) is 6.41. The molecule has 0 unspecified atom stereocenters. The number of rotatable bonds is 11. The summed E-state index contributed by atoms with van der Waals surface area (Å²) in [6.07, 6.45) is 4.44. The zero-order valence-electron chi connectivity index (χ0n) is 30.2. The van der Waals surface area contributed by atoms with Gasteiger partial charge in [-0.25, -0.2) is 14.6 Å². The van der Waals surface area contributed by atoms with E-state index in [4.69, 9.17) is 42.9 Å². The Morgan fingerprint density at radius 3 is 2.15 bits per heavy atom. The Hall–Kier alpha value is -5.96. The van der Waals surface area contributed by atoms with Crippen LogP contribution in [-0.2, 0) is 23.2 Å². The number of halogens is 2. The average molecular weight is 790 g/mol. The van der Waals surface area contributed by atoms with Crippen LogP contribution in [0, 0.1) is 0 Å². The predicted molar refractivity (Wildman–Crippen MR) is 207 cm³/mol. The van der Waals surface area contributed by atoms with E-state index in [1.54, 1.807) is 43.7 Å². The first-order valence-electron chi connectivity index (χ1n) is 17.0. The molecule has 0 saturated carbocycles. The molecule has 0 spiro atoms. The van der Waals surface area contributed by atoms with E-state index >= 15 is 0 Å². The van der Waals surface area contributed by atoms with Crippen LogP contribution in [0.25, 0.3) is 10.9 Å². The van der Waals surface area contributed by atoms with Crippen LogP contribution in [0.4, 0.5) is 5.69 Å². The molecule has 2 amide bonds. The van der Waals surface area contributed by atoms with Gasteiger partial charge in [0.05, 0.1) is 40.4 Å². The van der Waals surface area contributed by atoms with E-state index in [1.165, 1.54) is 11.0 Å². The van der Waals surface area contributed by atoms with E-state index < -0.39 is 11.9 Å². The molecule has 0 atom stereocenters. The molecule has 3 aromatic heterocycles. The Labute approximate surface area is 326 Å².